The van der Waals surface area contributed by atoms with Gasteiger partial charge in [0.1, 0.15) is 18.3 Å². The SMILES string of the molecule is CNc1nc2cc(C)c(C)cc2n1[C@H]1O[C@@H](CO)[C@@H](O)[C@H]1O. The molecular weight excluding hydrogens is 286 g/mol. The molecule has 4 atom stereocenters. The van der Waals surface area contributed by atoms with Crippen LogP contribution >= 0.6 is 0 Å². The van der Waals surface area contributed by atoms with Gasteiger partial charge in [0.05, 0.1) is 17.6 Å². The second-order valence-corrected chi connectivity index (χ2v) is 5.71. The number of ether oxygens (including phenoxy) is 1. The van der Waals surface area contributed by atoms with E-state index in [-0.39, 0.29) is 6.61 Å². The zero-order valence-electron chi connectivity index (χ0n) is 12.8. The molecule has 4 N–H and O–H groups in total. The van der Waals surface area contributed by atoms with Crippen molar-refractivity contribution in [2.24, 2.45) is 0 Å². The molecule has 1 aromatic heterocycles. The lowest BCUT2D eigenvalue weighted by atomic mass is 10.1. The molecule has 7 heteroatoms. The quantitative estimate of drug-likeness (QED) is 0.651. The number of hydrogen-bond donors (Lipinski definition) is 4. The van der Waals surface area contributed by atoms with E-state index in [1.807, 2.05) is 26.0 Å². The largest absolute Gasteiger partial charge is 0.394 e. The van der Waals surface area contributed by atoms with Crippen LogP contribution in [-0.2, 0) is 4.74 Å². The molecule has 7 nitrogen and oxygen atoms in total. The highest BCUT2D eigenvalue weighted by Gasteiger charge is 2.44. The monoisotopic (exact) mass is 307 g/mol. The van der Waals surface area contributed by atoms with Gasteiger partial charge in [-0.2, -0.15) is 0 Å². The molecule has 1 aliphatic heterocycles. The number of aromatic nitrogens is 2. The first-order chi connectivity index (χ1) is 10.5. The lowest BCUT2D eigenvalue weighted by molar-refractivity contribution is -0.0499. The maximum atomic E-state index is 10.3. The molecule has 22 heavy (non-hydrogen) atoms. The maximum Gasteiger partial charge on any atom is 0.205 e. The number of nitrogens with one attached hydrogen (secondary N) is 1. The van der Waals surface area contributed by atoms with Crippen molar-refractivity contribution < 1.29 is 20.1 Å². The number of rotatable bonds is 3. The summed E-state index contributed by atoms with van der Waals surface area (Å²) in [6, 6.07) is 3.95. The first-order valence-electron chi connectivity index (χ1n) is 7.27. The van der Waals surface area contributed by atoms with E-state index in [2.05, 4.69) is 10.3 Å². The van der Waals surface area contributed by atoms with Crippen LogP contribution in [0.2, 0.25) is 0 Å². The van der Waals surface area contributed by atoms with E-state index < -0.39 is 24.5 Å². The van der Waals surface area contributed by atoms with Gasteiger partial charge in [-0.3, -0.25) is 4.57 Å². The Hall–Kier alpha value is -1.67. The highest BCUT2D eigenvalue weighted by molar-refractivity contribution is 5.80. The number of aryl methyl sites for hydroxylation is 2. The Morgan fingerprint density at radius 3 is 2.50 bits per heavy atom. The molecule has 2 heterocycles. The number of imidazole rings is 1. The van der Waals surface area contributed by atoms with Gasteiger partial charge in [0.25, 0.3) is 0 Å². The molecule has 120 valence electrons. The Balaban J connectivity index is 2.15. The normalized spacial score (nSPS) is 28.5. The third-order valence-corrected chi connectivity index (χ3v) is 4.30. The van der Waals surface area contributed by atoms with Crippen molar-refractivity contribution >= 4 is 17.0 Å². The third-order valence-electron chi connectivity index (χ3n) is 4.30. The molecule has 1 aromatic carbocycles. The molecule has 1 saturated heterocycles. The third kappa shape index (κ3) is 2.17. The fourth-order valence-electron chi connectivity index (χ4n) is 2.88. The minimum absolute atomic E-state index is 0.353. The number of nitrogens with zero attached hydrogens (tertiary/aromatic N) is 2. The van der Waals surface area contributed by atoms with Crippen molar-refractivity contribution in [1.82, 2.24) is 9.55 Å². The van der Waals surface area contributed by atoms with Crippen LogP contribution in [0.5, 0.6) is 0 Å². The van der Waals surface area contributed by atoms with E-state index in [1.165, 1.54) is 0 Å². The van der Waals surface area contributed by atoms with Crippen LogP contribution in [0.3, 0.4) is 0 Å². The van der Waals surface area contributed by atoms with Gasteiger partial charge in [0.2, 0.25) is 5.95 Å². The predicted octanol–water partition coefficient (Wildman–Crippen LogP) is 0.306. The molecule has 3 rings (SSSR count). The Morgan fingerprint density at radius 2 is 1.91 bits per heavy atom. The topological polar surface area (TPSA) is 99.8 Å². The summed E-state index contributed by atoms with van der Waals surface area (Å²) in [6.45, 7) is 3.66. The van der Waals surface area contributed by atoms with Crippen LogP contribution in [0.1, 0.15) is 17.4 Å². The Morgan fingerprint density at radius 1 is 1.23 bits per heavy atom. The van der Waals surface area contributed by atoms with Crippen LogP contribution in [0, 0.1) is 13.8 Å². The second-order valence-electron chi connectivity index (χ2n) is 5.71. The minimum atomic E-state index is -1.14. The van der Waals surface area contributed by atoms with Crippen molar-refractivity contribution in [3.05, 3.63) is 23.3 Å². The zero-order valence-corrected chi connectivity index (χ0v) is 12.8. The highest BCUT2D eigenvalue weighted by atomic mass is 16.6. The van der Waals surface area contributed by atoms with E-state index in [0.29, 0.717) is 5.95 Å². The van der Waals surface area contributed by atoms with Gasteiger partial charge in [-0.15, -0.1) is 0 Å². The zero-order chi connectivity index (χ0) is 16.0. The number of aliphatic hydroxyl groups excluding tert-OH is 3. The number of benzene rings is 1. The summed E-state index contributed by atoms with van der Waals surface area (Å²) >= 11 is 0. The summed E-state index contributed by atoms with van der Waals surface area (Å²) in [5, 5.41) is 32.5. The summed E-state index contributed by atoms with van der Waals surface area (Å²) < 4.78 is 7.36. The molecule has 0 saturated carbocycles. The lowest BCUT2D eigenvalue weighted by Gasteiger charge is -2.19. The van der Waals surface area contributed by atoms with Crippen molar-refractivity contribution in [1.29, 1.82) is 0 Å². The highest BCUT2D eigenvalue weighted by Crippen LogP contribution is 2.35. The smallest absolute Gasteiger partial charge is 0.205 e. The van der Waals surface area contributed by atoms with Gasteiger partial charge >= 0.3 is 0 Å². The summed E-state index contributed by atoms with van der Waals surface area (Å²) in [6.07, 6.45) is -3.89. The molecule has 1 aliphatic rings. The van der Waals surface area contributed by atoms with Gasteiger partial charge in [0, 0.05) is 7.05 Å². The standard InChI is InChI=1S/C15H21N3O4/c1-7-4-9-10(5-8(7)2)18(15(16-3)17-9)14-13(21)12(20)11(6-19)22-14/h4-5,11-14,19-21H,6H2,1-3H3,(H,16,17)/t11-,12+,13+,14-/m0/s1. The van der Waals surface area contributed by atoms with Gasteiger partial charge < -0.3 is 25.4 Å². The molecule has 2 aromatic rings. The molecule has 0 radical (unpaired) electrons. The summed E-state index contributed by atoms with van der Waals surface area (Å²) in [7, 11) is 1.73. The van der Waals surface area contributed by atoms with E-state index in [0.717, 1.165) is 22.2 Å². The van der Waals surface area contributed by atoms with Crippen LogP contribution in [0.15, 0.2) is 12.1 Å². The summed E-state index contributed by atoms with van der Waals surface area (Å²) in [5.74, 6) is 0.537. The molecule has 0 aliphatic carbocycles. The van der Waals surface area contributed by atoms with Crippen LogP contribution < -0.4 is 5.32 Å². The fourth-order valence-corrected chi connectivity index (χ4v) is 2.88. The van der Waals surface area contributed by atoms with Crippen LogP contribution in [0.4, 0.5) is 5.95 Å². The number of aliphatic hydroxyl groups is 3. The Kier molecular flexibility index (Phi) is 3.82. The molecule has 1 fully saturated rings. The van der Waals surface area contributed by atoms with Crippen molar-refractivity contribution in [3.63, 3.8) is 0 Å². The minimum Gasteiger partial charge on any atom is -0.394 e. The first-order valence-corrected chi connectivity index (χ1v) is 7.27. The number of hydrogen-bond acceptors (Lipinski definition) is 6. The van der Waals surface area contributed by atoms with E-state index in [4.69, 9.17) is 4.74 Å². The van der Waals surface area contributed by atoms with Gasteiger partial charge in [-0.05, 0) is 37.1 Å². The average molecular weight is 307 g/mol. The van der Waals surface area contributed by atoms with Gasteiger partial charge in [-0.25, -0.2) is 4.98 Å². The molecule has 0 unspecified atom stereocenters. The molecule has 0 amide bonds. The first kappa shape index (κ1) is 15.2. The fraction of sp³-hybridized carbons (Fsp3) is 0.533. The molecule has 0 bridgehead atoms. The number of anilines is 1. The molecular formula is C15H21N3O4. The van der Waals surface area contributed by atoms with Crippen molar-refractivity contribution in [3.8, 4) is 0 Å². The predicted molar refractivity (Wildman–Crippen MR) is 81.8 cm³/mol. The number of fused-ring (bicyclic) bond motifs is 1. The van der Waals surface area contributed by atoms with Crippen LogP contribution in [-0.4, -0.2) is 56.8 Å². The molecule has 0 spiro atoms. The summed E-state index contributed by atoms with van der Waals surface area (Å²) in [4.78, 5) is 4.50. The second kappa shape index (κ2) is 5.51. The van der Waals surface area contributed by atoms with Crippen molar-refractivity contribution in [2.75, 3.05) is 19.0 Å². The van der Waals surface area contributed by atoms with E-state index >= 15 is 0 Å². The van der Waals surface area contributed by atoms with Crippen molar-refractivity contribution in [2.45, 2.75) is 38.4 Å². The van der Waals surface area contributed by atoms with Gasteiger partial charge in [-0.1, -0.05) is 0 Å². The lowest BCUT2D eigenvalue weighted by Crippen LogP contribution is -2.33. The Labute approximate surface area is 128 Å². The van der Waals surface area contributed by atoms with E-state index in [1.54, 1.807) is 11.6 Å². The van der Waals surface area contributed by atoms with E-state index in [9.17, 15) is 15.3 Å². The van der Waals surface area contributed by atoms with Crippen LogP contribution in [0.25, 0.3) is 11.0 Å². The Bertz CT molecular complexity index is 700. The summed E-state index contributed by atoms with van der Waals surface area (Å²) in [5.41, 5.74) is 3.82. The average Bonchev–Trinajstić information content (AvgIpc) is 2.98. The van der Waals surface area contributed by atoms with Gasteiger partial charge in [0.15, 0.2) is 6.23 Å². The maximum absolute atomic E-state index is 10.3.